The van der Waals surface area contributed by atoms with Crippen molar-refractivity contribution >= 4 is 40.6 Å². The first kappa shape index (κ1) is 10.8. The maximum absolute atomic E-state index is 11.3. The molecular weight excluding hydrogens is 230 g/mol. The molecule has 0 bridgehead atoms. The van der Waals surface area contributed by atoms with E-state index >= 15 is 0 Å². The first-order valence-corrected chi connectivity index (χ1v) is 4.90. The molecule has 0 atom stereocenters. The van der Waals surface area contributed by atoms with Crippen LogP contribution in [0.3, 0.4) is 0 Å². The summed E-state index contributed by atoms with van der Waals surface area (Å²) in [5.74, 6) is -0.221. The zero-order valence-electron chi connectivity index (χ0n) is 6.90. The minimum atomic E-state index is -0.163. The van der Waals surface area contributed by atoms with Crippen LogP contribution in [0.2, 0.25) is 10.0 Å². The van der Waals surface area contributed by atoms with Crippen LogP contribution in [0.4, 0.5) is 0 Å². The van der Waals surface area contributed by atoms with Gasteiger partial charge in [-0.1, -0.05) is 23.2 Å². The minimum Gasteiger partial charge on any atom is -0.293 e. The number of halogens is 3. The zero-order chi connectivity index (χ0) is 10.0. The van der Waals surface area contributed by atoms with Crippen LogP contribution in [-0.4, -0.2) is 11.7 Å². The number of carbonyl (C=O) groups excluding carboxylic acids is 1. The summed E-state index contributed by atoms with van der Waals surface area (Å²) < 4.78 is 0. The first-order chi connectivity index (χ1) is 6.06. The number of hydrogen-bond donors (Lipinski definition) is 0. The molecule has 0 unspecified atom stereocenters. The second-order valence-electron chi connectivity index (χ2n) is 2.62. The number of alkyl halides is 1. The molecule has 0 saturated carbocycles. The van der Waals surface area contributed by atoms with Gasteiger partial charge in [0.25, 0.3) is 0 Å². The smallest absolute Gasteiger partial charge is 0.177 e. The SMILES string of the molecule is Cc1c(Cl)cc(Cl)cc1C(=O)CCl. The van der Waals surface area contributed by atoms with E-state index in [0.29, 0.717) is 15.6 Å². The third-order valence-corrected chi connectivity index (χ3v) is 2.58. The summed E-state index contributed by atoms with van der Waals surface area (Å²) in [6, 6.07) is 3.18. The van der Waals surface area contributed by atoms with Crippen LogP contribution in [0.15, 0.2) is 12.1 Å². The van der Waals surface area contributed by atoms with E-state index in [2.05, 4.69) is 0 Å². The van der Waals surface area contributed by atoms with Gasteiger partial charge in [-0.05, 0) is 24.6 Å². The molecule has 0 N–H and O–H groups in total. The van der Waals surface area contributed by atoms with Crippen molar-refractivity contribution in [1.29, 1.82) is 0 Å². The molecule has 1 nitrogen and oxygen atoms in total. The fraction of sp³-hybridized carbons (Fsp3) is 0.222. The Hall–Kier alpha value is -0.240. The quantitative estimate of drug-likeness (QED) is 0.566. The molecule has 0 saturated heterocycles. The lowest BCUT2D eigenvalue weighted by molar-refractivity contribution is 0.102. The highest BCUT2D eigenvalue weighted by Gasteiger charge is 2.11. The highest BCUT2D eigenvalue weighted by Crippen LogP contribution is 2.24. The van der Waals surface area contributed by atoms with Crippen molar-refractivity contribution in [1.82, 2.24) is 0 Å². The number of carbonyl (C=O) groups is 1. The van der Waals surface area contributed by atoms with Crippen molar-refractivity contribution in [3.63, 3.8) is 0 Å². The molecule has 0 aliphatic heterocycles. The van der Waals surface area contributed by atoms with Gasteiger partial charge in [0.05, 0.1) is 5.88 Å². The molecule has 70 valence electrons. The summed E-state index contributed by atoms with van der Waals surface area (Å²) in [5, 5.41) is 0.935. The Bertz CT molecular complexity index is 347. The summed E-state index contributed by atoms with van der Waals surface area (Å²) in [4.78, 5) is 11.3. The van der Waals surface area contributed by atoms with Gasteiger partial charge in [0.15, 0.2) is 5.78 Å². The standard InChI is InChI=1S/C9H7Cl3O/c1-5-7(9(13)4-10)2-6(11)3-8(5)12/h2-3H,4H2,1H3. The molecule has 0 aromatic heterocycles. The fourth-order valence-electron chi connectivity index (χ4n) is 1.01. The Kier molecular flexibility index (Phi) is 3.60. The molecule has 4 heteroatoms. The molecule has 0 fully saturated rings. The van der Waals surface area contributed by atoms with Gasteiger partial charge in [0.2, 0.25) is 0 Å². The van der Waals surface area contributed by atoms with E-state index in [0.717, 1.165) is 5.56 Å². The molecule has 1 aromatic carbocycles. The highest BCUT2D eigenvalue weighted by molar-refractivity contribution is 6.37. The Morgan fingerprint density at radius 1 is 1.38 bits per heavy atom. The van der Waals surface area contributed by atoms with Gasteiger partial charge in [-0.2, -0.15) is 0 Å². The summed E-state index contributed by atoms with van der Waals surface area (Å²) in [6.07, 6.45) is 0. The molecule has 0 heterocycles. The van der Waals surface area contributed by atoms with Crippen LogP contribution in [-0.2, 0) is 0 Å². The Labute approximate surface area is 91.6 Å². The molecule has 0 aliphatic rings. The van der Waals surface area contributed by atoms with Crippen LogP contribution >= 0.6 is 34.8 Å². The van der Waals surface area contributed by atoms with Gasteiger partial charge < -0.3 is 0 Å². The third kappa shape index (κ3) is 2.37. The number of benzene rings is 1. The molecule has 13 heavy (non-hydrogen) atoms. The Morgan fingerprint density at radius 3 is 2.54 bits per heavy atom. The van der Waals surface area contributed by atoms with Gasteiger partial charge >= 0.3 is 0 Å². The topological polar surface area (TPSA) is 17.1 Å². The second-order valence-corrected chi connectivity index (χ2v) is 3.73. The van der Waals surface area contributed by atoms with Gasteiger partial charge in [-0.3, -0.25) is 4.79 Å². The lowest BCUT2D eigenvalue weighted by Crippen LogP contribution is -2.03. The molecule has 1 aromatic rings. The van der Waals surface area contributed by atoms with Crippen LogP contribution in [0, 0.1) is 6.92 Å². The number of hydrogen-bond acceptors (Lipinski definition) is 1. The summed E-state index contributed by atoms with van der Waals surface area (Å²) >= 11 is 17.0. The predicted octanol–water partition coefficient (Wildman–Crippen LogP) is 3.72. The van der Waals surface area contributed by atoms with Gasteiger partial charge in [0, 0.05) is 15.6 Å². The molecule has 0 amide bonds. The summed E-state index contributed by atoms with van der Waals surface area (Å²) in [5.41, 5.74) is 1.21. The average molecular weight is 238 g/mol. The van der Waals surface area contributed by atoms with Crippen LogP contribution in [0.25, 0.3) is 0 Å². The third-order valence-electron chi connectivity index (χ3n) is 1.73. The predicted molar refractivity (Wildman–Crippen MR) is 56.2 cm³/mol. The summed E-state index contributed by atoms with van der Waals surface area (Å²) in [7, 11) is 0. The number of ketones is 1. The Balaban J connectivity index is 3.28. The monoisotopic (exact) mass is 236 g/mol. The van der Waals surface area contributed by atoms with E-state index in [4.69, 9.17) is 34.8 Å². The van der Waals surface area contributed by atoms with Crippen molar-refractivity contribution in [3.05, 3.63) is 33.3 Å². The van der Waals surface area contributed by atoms with Gasteiger partial charge in [-0.25, -0.2) is 0 Å². The highest BCUT2D eigenvalue weighted by atomic mass is 35.5. The largest absolute Gasteiger partial charge is 0.293 e. The van der Waals surface area contributed by atoms with Crippen LogP contribution in [0.5, 0.6) is 0 Å². The summed E-state index contributed by atoms with van der Waals surface area (Å²) in [6.45, 7) is 1.76. The maximum Gasteiger partial charge on any atom is 0.177 e. The van der Waals surface area contributed by atoms with Crippen LogP contribution in [0.1, 0.15) is 15.9 Å². The molecular formula is C9H7Cl3O. The van der Waals surface area contributed by atoms with Crippen molar-refractivity contribution in [2.24, 2.45) is 0 Å². The van der Waals surface area contributed by atoms with Crippen molar-refractivity contribution in [2.75, 3.05) is 5.88 Å². The number of rotatable bonds is 2. The van der Waals surface area contributed by atoms with E-state index in [1.54, 1.807) is 19.1 Å². The normalized spacial score (nSPS) is 10.2. The van der Waals surface area contributed by atoms with Gasteiger partial charge in [-0.15, -0.1) is 11.6 Å². The van der Waals surface area contributed by atoms with E-state index in [-0.39, 0.29) is 11.7 Å². The molecule has 0 radical (unpaired) electrons. The van der Waals surface area contributed by atoms with E-state index in [1.165, 1.54) is 0 Å². The van der Waals surface area contributed by atoms with Crippen molar-refractivity contribution < 1.29 is 4.79 Å². The molecule has 1 rings (SSSR count). The van der Waals surface area contributed by atoms with Gasteiger partial charge in [0.1, 0.15) is 0 Å². The maximum atomic E-state index is 11.3. The van der Waals surface area contributed by atoms with E-state index < -0.39 is 0 Å². The molecule has 0 aliphatic carbocycles. The van der Waals surface area contributed by atoms with E-state index in [1.807, 2.05) is 0 Å². The average Bonchev–Trinajstić information content (AvgIpc) is 2.10. The van der Waals surface area contributed by atoms with Crippen LogP contribution < -0.4 is 0 Å². The number of Topliss-reactive ketones (excluding diaryl/α,β-unsaturated/α-hetero) is 1. The fourth-order valence-corrected chi connectivity index (χ4v) is 1.64. The zero-order valence-corrected chi connectivity index (χ0v) is 9.17. The first-order valence-electron chi connectivity index (χ1n) is 3.61. The minimum absolute atomic E-state index is 0.0580. The lowest BCUT2D eigenvalue weighted by Gasteiger charge is -2.05. The Morgan fingerprint density at radius 2 is 2.00 bits per heavy atom. The van der Waals surface area contributed by atoms with E-state index in [9.17, 15) is 4.79 Å². The van der Waals surface area contributed by atoms with Crippen molar-refractivity contribution in [2.45, 2.75) is 6.92 Å². The molecule has 0 spiro atoms. The van der Waals surface area contributed by atoms with Crippen molar-refractivity contribution in [3.8, 4) is 0 Å². The second kappa shape index (κ2) is 4.32. The lowest BCUT2D eigenvalue weighted by atomic mass is 10.1.